The van der Waals surface area contributed by atoms with Crippen molar-refractivity contribution in [2.24, 2.45) is 0 Å². The first-order chi connectivity index (χ1) is 16.0. The topological polar surface area (TPSA) is 111 Å². The Kier molecular flexibility index (Phi) is 7.46. The van der Waals surface area contributed by atoms with E-state index in [0.717, 1.165) is 41.5 Å². The first-order valence-corrected chi connectivity index (χ1v) is 12.7. The van der Waals surface area contributed by atoms with E-state index in [9.17, 15) is 19.5 Å². The minimum Gasteiger partial charge on any atom is -0.462 e. The number of rotatable bonds is 9. The summed E-state index contributed by atoms with van der Waals surface area (Å²) in [4.78, 5) is 43.9. The second kappa shape index (κ2) is 10.5. The van der Waals surface area contributed by atoms with Gasteiger partial charge < -0.3 is 15.2 Å². The van der Waals surface area contributed by atoms with Crippen LogP contribution in [0.4, 0.5) is 5.00 Å². The zero-order valence-corrected chi connectivity index (χ0v) is 19.9. The fraction of sp³-hybridized carbons (Fsp3) is 0.391. The molecular weight excluding hydrogens is 462 g/mol. The average molecular weight is 488 g/mol. The molecule has 1 amide bonds. The molecule has 0 bridgehead atoms. The molecule has 0 spiro atoms. The maximum Gasteiger partial charge on any atom is 0.341 e. The second-order valence-corrected chi connectivity index (χ2v) is 9.61. The molecular formula is C23H25N3O5S2. The Balaban J connectivity index is 1.54. The molecule has 2 heterocycles. The summed E-state index contributed by atoms with van der Waals surface area (Å²) in [6.45, 7) is 2.28. The fourth-order valence-electron chi connectivity index (χ4n) is 3.89. The van der Waals surface area contributed by atoms with Crippen molar-refractivity contribution < 1.29 is 19.4 Å². The molecule has 1 aliphatic rings. The largest absolute Gasteiger partial charge is 0.462 e. The van der Waals surface area contributed by atoms with Crippen LogP contribution in [0.2, 0.25) is 0 Å². The third kappa shape index (κ3) is 4.97. The number of nitrogens with zero attached hydrogens (tertiary/aromatic N) is 2. The molecule has 0 saturated carbocycles. The van der Waals surface area contributed by atoms with Crippen molar-refractivity contribution >= 4 is 50.9 Å². The van der Waals surface area contributed by atoms with Crippen LogP contribution in [0.3, 0.4) is 0 Å². The van der Waals surface area contributed by atoms with E-state index in [1.807, 2.05) is 0 Å². The van der Waals surface area contributed by atoms with Crippen LogP contribution in [0, 0.1) is 0 Å². The lowest BCUT2D eigenvalue weighted by molar-refractivity contribution is -0.113. The number of aryl methyl sites for hydroxylation is 1. The molecule has 2 aromatic heterocycles. The van der Waals surface area contributed by atoms with Gasteiger partial charge in [0.15, 0.2) is 5.16 Å². The lowest BCUT2D eigenvalue weighted by Crippen LogP contribution is -2.25. The van der Waals surface area contributed by atoms with Gasteiger partial charge in [0.25, 0.3) is 5.56 Å². The van der Waals surface area contributed by atoms with Crippen LogP contribution in [-0.4, -0.2) is 45.5 Å². The predicted molar refractivity (Wildman–Crippen MR) is 129 cm³/mol. The van der Waals surface area contributed by atoms with Gasteiger partial charge in [-0.25, -0.2) is 9.78 Å². The van der Waals surface area contributed by atoms with E-state index in [0.29, 0.717) is 39.6 Å². The standard InChI is InChI=1S/C23H25N3O5S2/c1-2-31-22(30)19-15-8-5-10-17(15)33-20(19)25-18(28)13-32-23-24-16-9-4-3-7-14(16)21(29)26(23)11-6-12-27/h3-4,7,9,27H,2,5-6,8,10-13H2,1H3,(H,25,28). The van der Waals surface area contributed by atoms with Crippen molar-refractivity contribution in [2.75, 3.05) is 24.3 Å². The maximum absolute atomic E-state index is 12.9. The Bertz CT molecular complexity index is 1250. The van der Waals surface area contributed by atoms with Crippen molar-refractivity contribution in [1.82, 2.24) is 9.55 Å². The number of nitrogens with one attached hydrogen (secondary N) is 1. The third-order valence-electron chi connectivity index (χ3n) is 5.35. The number of anilines is 1. The van der Waals surface area contributed by atoms with Gasteiger partial charge >= 0.3 is 5.97 Å². The molecule has 2 N–H and O–H groups in total. The minimum atomic E-state index is -0.408. The highest BCUT2D eigenvalue weighted by molar-refractivity contribution is 7.99. The van der Waals surface area contributed by atoms with Crippen molar-refractivity contribution in [3.8, 4) is 0 Å². The highest BCUT2D eigenvalue weighted by atomic mass is 32.2. The summed E-state index contributed by atoms with van der Waals surface area (Å²) >= 11 is 2.59. The highest BCUT2D eigenvalue weighted by Gasteiger charge is 2.28. The number of aliphatic hydroxyl groups is 1. The van der Waals surface area contributed by atoms with Crippen LogP contribution < -0.4 is 10.9 Å². The Morgan fingerprint density at radius 1 is 1.30 bits per heavy atom. The van der Waals surface area contributed by atoms with Crippen LogP contribution in [0.5, 0.6) is 0 Å². The molecule has 4 rings (SSSR count). The van der Waals surface area contributed by atoms with Gasteiger partial charge in [0, 0.05) is 18.0 Å². The maximum atomic E-state index is 12.9. The van der Waals surface area contributed by atoms with Crippen LogP contribution in [0.1, 0.15) is 40.6 Å². The van der Waals surface area contributed by atoms with Crippen LogP contribution in [0.15, 0.2) is 34.2 Å². The highest BCUT2D eigenvalue weighted by Crippen LogP contribution is 2.39. The van der Waals surface area contributed by atoms with Crippen molar-refractivity contribution in [3.63, 3.8) is 0 Å². The first kappa shape index (κ1) is 23.5. The van der Waals surface area contributed by atoms with Gasteiger partial charge in [-0.1, -0.05) is 23.9 Å². The monoisotopic (exact) mass is 487 g/mol. The number of carbonyl (C=O) groups excluding carboxylic acids is 2. The Morgan fingerprint density at radius 3 is 2.91 bits per heavy atom. The van der Waals surface area contributed by atoms with Gasteiger partial charge in [-0.2, -0.15) is 0 Å². The fourth-order valence-corrected chi connectivity index (χ4v) is 6.01. The van der Waals surface area contributed by atoms with Gasteiger partial charge in [0.2, 0.25) is 5.91 Å². The number of ether oxygens (including phenoxy) is 1. The SMILES string of the molecule is CCOC(=O)c1c(NC(=O)CSc2nc3ccccc3c(=O)n2CCCO)sc2c1CCC2. The number of hydrogen-bond acceptors (Lipinski definition) is 8. The summed E-state index contributed by atoms with van der Waals surface area (Å²) in [5.74, 6) is -0.676. The summed E-state index contributed by atoms with van der Waals surface area (Å²) in [7, 11) is 0. The van der Waals surface area contributed by atoms with E-state index in [1.54, 1.807) is 31.2 Å². The average Bonchev–Trinajstić information content (AvgIpc) is 3.38. The van der Waals surface area contributed by atoms with Gasteiger partial charge in [-0.3, -0.25) is 14.2 Å². The Labute approximate surface area is 199 Å². The van der Waals surface area contributed by atoms with E-state index < -0.39 is 5.97 Å². The summed E-state index contributed by atoms with van der Waals surface area (Å²) < 4.78 is 6.71. The predicted octanol–water partition coefficient (Wildman–Crippen LogP) is 3.24. The molecule has 0 atom stereocenters. The van der Waals surface area contributed by atoms with Gasteiger partial charge in [-0.15, -0.1) is 11.3 Å². The zero-order chi connectivity index (χ0) is 23.4. The normalized spacial score (nSPS) is 12.7. The van der Waals surface area contributed by atoms with E-state index in [1.165, 1.54) is 15.9 Å². The van der Waals surface area contributed by atoms with Crippen LogP contribution >= 0.6 is 23.1 Å². The lowest BCUT2D eigenvalue weighted by atomic mass is 10.1. The molecule has 0 radical (unpaired) electrons. The summed E-state index contributed by atoms with van der Waals surface area (Å²) in [5.41, 5.74) is 1.81. The van der Waals surface area contributed by atoms with E-state index in [2.05, 4.69) is 10.3 Å². The lowest BCUT2D eigenvalue weighted by Gasteiger charge is -2.13. The van der Waals surface area contributed by atoms with Gasteiger partial charge in [-0.05, 0) is 50.3 Å². The Morgan fingerprint density at radius 2 is 2.12 bits per heavy atom. The number of benzene rings is 1. The Hall–Kier alpha value is -2.69. The quantitative estimate of drug-likeness (QED) is 0.271. The smallest absolute Gasteiger partial charge is 0.341 e. The van der Waals surface area contributed by atoms with Gasteiger partial charge in [0.1, 0.15) is 5.00 Å². The van der Waals surface area contributed by atoms with Crippen LogP contribution in [-0.2, 0) is 28.9 Å². The molecule has 0 aliphatic heterocycles. The number of aliphatic hydroxyl groups excluding tert-OH is 1. The molecule has 1 aliphatic carbocycles. The van der Waals surface area contributed by atoms with E-state index in [-0.39, 0.29) is 30.4 Å². The van der Waals surface area contributed by atoms with Crippen molar-refractivity contribution in [2.45, 2.75) is 44.3 Å². The van der Waals surface area contributed by atoms with Crippen molar-refractivity contribution in [3.05, 3.63) is 50.6 Å². The molecule has 33 heavy (non-hydrogen) atoms. The van der Waals surface area contributed by atoms with Gasteiger partial charge in [0.05, 0.1) is 28.8 Å². The zero-order valence-electron chi connectivity index (χ0n) is 18.3. The summed E-state index contributed by atoms with van der Waals surface area (Å²) in [6, 6.07) is 7.06. The molecule has 0 unspecified atom stereocenters. The molecule has 0 fully saturated rings. The number of carbonyl (C=O) groups is 2. The summed E-state index contributed by atoms with van der Waals surface area (Å²) in [6.07, 6.45) is 3.11. The molecule has 1 aromatic carbocycles. The molecule has 10 heteroatoms. The third-order valence-corrected chi connectivity index (χ3v) is 7.54. The van der Waals surface area contributed by atoms with Crippen LogP contribution in [0.25, 0.3) is 10.9 Å². The number of para-hydroxylation sites is 1. The number of thiophene rings is 1. The number of esters is 1. The summed E-state index contributed by atoms with van der Waals surface area (Å²) in [5, 5.41) is 13.5. The van der Waals surface area contributed by atoms with Crippen molar-refractivity contribution in [1.29, 1.82) is 0 Å². The number of hydrogen-bond donors (Lipinski definition) is 2. The number of amides is 1. The molecule has 8 nitrogen and oxygen atoms in total. The first-order valence-electron chi connectivity index (χ1n) is 10.9. The molecule has 0 saturated heterocycles. The van der Waals surface area contributed by atoms with E-state index in [4.69, 9.17) is 4.74 Å². The number of thioether (sulfide) groups is 1. The number of fused-ring (bicyclic) bond motifs is 2. The minimum absolute atomic E-state index is 0.0226. The number of aromatic nitrogens is 2. The second-order valence-electron chi connectivity index (χ2n) is 7.56. The molecule has 3 aromatic rings. The van der Waals surface area contributed by atoms with E-state index >= 15 is 0 Å². The molecule has 174 valence electrons.